The molecule has 0 aliphatic heterocycles. The number of aliphatic hydroxyl groups is 2. The molecule has 0 aliphatic rings. The molecule has 0 aromatic heterocycles. The molecule has 348 valence electrons. The summed E-state index contributed by atoms with van der Waals surface area (Å²) in [6, 6.07) is 22.4. The topological polar surface area (TPSA) is 206 Å². The zero-order chi connectivity index (χ0) is 47.8. The Morgan fingerprint density at radius 2 is 0.952 bits per heavy atom. The highest BCUT2D eigenvalue weighted by Gasteiger charge is 2.29. The van der Waals surface area contributed by atoms with Gasteiger partial charge >= 0.3 is 23.5 Å². The molecule has 0 aliphatic carbocycles. The van der Waals surface area contributed by atoms with Crippen LogP contribution in [-0.4, -0.2) is 84.3 Å². The second-order valence-electron chi connectivity index (χ2n) is 15.7. The molecular formula is C48H71ClN2O10Si2. The summed E-state index contributed by atoms with van der Waals surface area (Å²) in [5.41, 5.74) is 8.40. The highest BCUT2D eigenvalue weighted by Crippen LogP contribution is 2.31. The average Bonchev–Trinajstić information content (AvgIpc) is 3.22. The van der Waals surface area contributed by atoms with E-state index in [0.29, 0.717) is 0 Å². The number of carbonyl (C=O) groups excluding carboxylic acids is 2. The minimum Gasteiger partial charge on any atom is -0.480 e. The van der Waals surface area contributed by atoms with Gasteiger partial charge < -0.3 is 41.0 Å². The number of benzene rings is 2. The molecule has 0 saturated carbocycles. The summed E-state index contributed by atoms with van der Waals surface area (Å²) >= 11 is 5.17. The lowest BCUT2D eigenvalue weighted by Crippen LogP contribution is -2.47. The van der Waals surface area contributed by atoms with E-state index in [9.17, 15) is 24.3 Å². The fourth-order valence-electron chi connectivity index (χ4n) is 6.94. The lowest BCUT2D eigenvalue weighted by molar-refractivity contribution is -0.142. The second kappa shape index (κ2) is 32.8. The third-order valence-electron chi connectivity index (χ3n) is 10.4. The van der Waals surface area contributed by atoms with Crippen LogP contribution in [0.25, 0.3) is 0 Å². The number of hydrogen-bond donors (Lipinski definition) is 6. The molecule has 63 heavy (non-hydrogen) atoms. The minimum atomic E-state index is -1.49. The molecule has 4 atom stereocenters. The number of halogens is 1. The van der Waals surface area contributed by atoms with Crippen molar-refractivity contribution in [3.8, 4) is 0 Å². The van der Waals surface area contributed by atoms with Crippen molar-refractivity contribution in [1.82, 2.24) is 5.32 Å². The van der Waals surface area contributed by atoms with Gasteiger partial charge in [-0.2, -0.15) is 0 Å². The first-order valence-corrected chi connectivity index (χ1v) is 27.0. The van der Waals surface area contributed by atoms with Gasteiger partial charge in [0.2, 0.25) is 0 Å². The van der Waals surface area contributed by atoms with Crippen molar-refractivity contribution in [2.45, 2.75) is 125 Å². The third-order valence-corrected chi connectivity index (χ3v) is 20.3. The van der Waals surface area contributed by atoms with Crippen molar-refractivity contribution < 1.29 is 49.1 Å². The molecule has 0 spiro atoms. The van der Waals surface area contributed by atoms with Gasteiger partial charge in [0.05, 0.1) is 28.4 Å². The van der Waals surface area contributed by atoms with Crippen molar-refractivity contribution in [3.05, 3.63) is 147 Å². The maximum atomic E-state index is 11.8. The highest BCUT2D eigenvalue weighted by atomic mass is 35.5. The highest BCUT2D eigenvalue weighted by molar-refractivity contribution is 6.81. The summed E-state index contributed by atoms with van der Waals surface area (Å²) in [5.74, 6) is -2.50. The van der Waals surface area contributed by atoms with Crippen LogP contribution in [0.1, 0.15) is 48.9 Å². The van der Waals surface area contributed by atoms with Gasteiger partial charge in [-0.1, -0.05) is 110 Å². The van der Waals surface area contributed by atoms with Gasteiger partial charge in [-0.15, -0.1) is 39.5 Å². The number of carboxylic acid groups (broad SMARTS) is 2. The van der Waals surface area contributed by atoms with Gasteiger partial charge in [-0.05, 0) is 85.2 Å². The van der Waals surface area contributed by atoms with Crippen LogP contribution in [0.4, 0.5) is 9.59 Å². The number of alkyl carbamates (subject to hydrolysis) is 1. The van der Waals surface area contributed by atoms with Gasteiger partial charge in [-0.3, -0.25) is 4.79 Å². The zero-order valence-corrected chi connectivity index (χ0v) is 40.0. The molecule has 0 fully saturated rings. The van der Waals surface area contributed by atoms with Crippen LogP contribution in [0.15, 0.2) is 124 Å². The minimum absolute atomic E-state index is 0.0201. The Balaban J connectivity index is 0.00000106. The van der Waals surface area contributed by atoms with Crippen LogP contribution in [0.2, 0.25) is 48.4 Å². The molecule has 2 aromatic carbocycles. The molecule has 0 bridgehead atoms. The van der Waals surface area contributed by atoms with Crippen LogP contribution in [0.3, 0.4) is 0 Å². The molecule has 0 saturated heterocycles. The van der Waals surface area contributed by atoms with Gasteiger partial charge in [0.25, 0.3) is 0 Å². The van der Waals surface area contributed by atoms with E-state index in [0.717, 1.165) is 73.1 Å². The summed E-state index contributed by atoms with van der Waals surface area (Å²) in [6.07, 6.45) is 13.5. The maximum Gasteiger partial charge on any atom is 0.408 e. The van der Waals surface area contributed by atoms with E-state index < -0.39 is 63.9 Å². The maximum absolute atomic E-state index is 11.8. The van der Waals surface area contributed by atoms with E-state index in [2.05, 4.69) is 75.2 Å². The molecule has 0 heterocycles. The molecular weight excluding hydrogens is 856 g/mol. The second-order valence-corrected chi connectivity index (χ2v) is 25.5. The Morgan fingerprint density at radius 3 is 1.21 bits per heavy atom. The van der Waals surface area contributed by atoms with Crippen LogP contribution in [0.5, 0.6) is 0 Å². The van der Waals surface area contributed by atoms with E-state index in [4.69, 9.17) is 42.1 Å². The van der Waals surface area contributed by atoms with Crippen LogP contribution in [0, 0.1) is 0 Å². The number of ether oxygens (including phenoxy) is 2. The quantitative estimate of drug-likeness (QED) is 0.0257. The number of nitrogens with two attached hydrogens (primary N) is 1. The zero-order valence-electron chi connectivity index (χ0n) is 37.2. The Morgan fingerprint density at radius 1 is 0.619 bits per heavy atom. The number of rotatable bonds is 29. The van der Waals surface area contributed by atoms with Crippen molar-refractivity contribution in [2.24, 2.45) is 5.73 Å². The Hall–Kier alpha value is -4.84. The fourth-order valence-corrected chi connectivity index (χ4v) is 14.7. The predicted molar refractivity (Wildman–Crippen MR) is 260 cm³/mol. The number of carboxylic acids is 2. The van der Waals surface area contributed by atoms with Gasteiger partial charge in [0.15, 0.2) is 6.04 Å². The van der Waals surface area contributed by atoms with Crippen LogP contribution >= 0.6 is 11.6 Å². The predicted octanol–water partition coefficient (Wildman–Crippen LogP) is 9.97. The van der Waals surface area contributed by atoms with E-state index in [1.807, 2.05) is 54.6 Å². The molecule has 2 rings (SSSR count). The Bertz CT molecular complexity index is 1680. The molecule has 0 unspecified atom stereocenters. The first kappa shape index (κ1) is 58.2. The van der Waals surface area contributed by atoms with Crippen molar-refractivity contribution in [1.29, 1.82) is 0 Å². The molecule has 12 nitrogen and oxygen atoms in total. The Kier molecular flexibility index (Phi) is 30.3. The number of amides is 1. The summed E-state index contributed by atoms with van der Waals surface area (Å²) < 4.78 is 9.84. The molecule has 1 amide bonds. The van der Waals surface area contributed by atoms with Gasteiger partial charge in [-0.25, -0.2) is 14.4 Å². The molecule has 7 N–H and O–H groups in total. The standard InChI is InChI=1S/C24H35NO5Si.C20H27ClO2Si.C4H9NO3/c1-5-14-31(15-6-2,16-7-3)17-8-9-20-10-12-21(13-11-20)18-30-24(29)25-22(19(4)26)23(27)28;1-4-13-24(14-5-2,15-6-3)16-7-8-18-9-11-19(12-10-18)17-23-20(21)22;1-2(6)3(5)4(7)8/h5-7,10-13,19,22,26H,1-3,8-9,14-18H2,4H3,(H,25,29)(H,27,28);4-6,9-12H,1-3,7-8,13-17H2;2-3,6H,5H2,1H3,(H,7,8)/t19-,22+;;2-,3+/m1.1/s1. The van der Waals surface area contributed by atoms with E-state index >= 15 is 0 Å². The van der Waals surface area contributed by atoms with E-state index in [1.54, 1.807) is 0 Å². The number of carbonyl (C=O) groups is 4. The molecule has 2 aromatic rings. The summed E-state index contributed by atoms with van der Waals surface area (Å²) in [7, 11) is -2.91. The van der Waals surface area contributed by atoms with E-state index in [-0.39, 0.29) is 13.2 Å². The fraction of sp³-hybridized carbons (Fsp3) is 0.417. The molecule has 15 heteroatoms. The summed E-state index contributed by atoms with van der Waals surface area (Å²) in [6.45, 7) is 26.5. The van der Waals surface area contributed by atoms with Gasteiger partial charge in [0.1, 0.15) is 19.3 Å². The number of aliphatic hydroxyl groups excluding tert-OH is 2. The first-order chi connectivity index (χ1) is 29.9. The smallest absolute Gasteiger partial charge is 0.408 e. The van der Waals surface area contributed by atoms with Crippen molar-refractivity contribution in [2.75, 3.05) is 0 Å². The van der Waals surface area contributed by atoms with Crippen LogP contribution in [-0.2, 0) is 45.1 Å². The number of nitrogens with one attached hydrogen (secondary N) is 1. The molecule has 0 radical (unpaired) electrons. The van der Waals surface area contributed by atoms with Crippen molar-refractivity contribution >= 4 is 51.2 Å². The number of hydrogen-bond acceptors (Lipinski definition) is 9. The number of aryl methyl sites for hydroxylation is 2. The van der Waals surface area contributed by atoms with Crippen molar-refractivity contribution in [3.63, 3.8) is 0 Å². The largest absolute Gasteiger partial charge is 0.480 e. The normalized spacial score (nSPS) is 12.7. The lowest BCUT2D eigenvalue weighted by atomic mass is 10.1. The first-order valence-electron chi connectivity index (χ1n) is 21.0. The third kappa shape index (κ3) is 25.2. The SMILES string of the molecule is C=CC[Si](CC=C)(CC=C)CCCc1ccc(COC(=O)Cl)cc1.C=CC[Si](CC=C)(CC=C)CCCc1ccc(COC(=O)N[C@H](C(=O)O)[C@@H](C)O)cc1.C[C@@H](O)[C@H](N)C(=O)O. The number of aliphatic carboxylic acids is 2. The lowest BCUT2D eigenvalue weighted by Gasteiger charge is -2.28. The monoisotopic (exact) mass is 926 g/mol. The Labute approximate surface area is 382 Å². The summed E-state index contributed by atoms with van der Waals surface area (Å²) in [4.78, 5) is 43.2. The van der Waals surface area contributed by atoms with Gasteiger partial charge in [0, 0.05) is 11.6 Å². The average molecular weight is 928 g/mol. The van der Waals surface area contributed by atoms with E-state index in [1.165, 1.54) is 37.1 Å². The number of allylic oxidation sites excluding steroid dienone is 6. The summed E-state index contributed by atoms with van der Waals surface area (Å²) in [5, 5.41) is 37.1. The van der Waals surface area contributed by atoms with Crippen LogP contribution < -0.4 is 11.1 Å².